The van der Waals surface area contributed by atoms with Crippen molar-refractivity contribution in [2.45, 2.75) is 64.7 Å². The Bertz CT molecular complexity index is 325. The van der Waals surface area contributed by atoms with Crippen LogP contribution in [0, 0.1) is 0 Å². The Kier molecular flexibility index (Phi) is 8.02. The first-order valence-electron chi connectivity index (χ1n) is 7.13. The summed E-state index contributed by atoms with van der Waals surface area (Å²) >= 11 is 0. The van der Waals surface area contributed by atoms with Gasteiger partial charge in [-0.1, -0.05) is 51.9 Å². The number of carbonyl (C=O) groups is 1. The van der Waals surface area contributed by atoms with Crippen molar-refractivity contribution in [2.24, 2.45) is 0 Å². The Balaban J connectivity index is 2.00. The Hall–Kier alpha value is -1.25. The summed E-state index contributed by atoms with van der Waals surface area (Å²) in [6, 6.07) is 1.69. The molecule has 0 unspecified atom stereocenters. The number of unbranched alkanes of at least 4 members (excludes halogenated alkanes) is 7. The summed E-state index contributed by atoms with van der Waals surface area (Å²) in [4.78, 5) is 19.5. The van der Waals surface area contributed by atoms with Crippen molar-refractivity contribution < 1.29 is 4.79 Å². The van der Waals surface area contributed by atoms with Crippen molar-refractivity contribution in [1.82, 2.24) is 9.97 Å². The van der Waals surface area contributed by atoms with Crippen molar-refractivity contribution in [3.05, 3.63) is 24.3 Å². The van der Waals surface area contributed by atoms with Gasteiger partial charge < -0.3 is 0 Å². The van der Waals surface area contributed by atoms with Gasteiger partial charge >= 0.3 is 0 Å². The highest BCUT2D eigenvalue weighted by Gasteiger charge is 2.05. The van der Waals surface area contributed by atoms with E-state index in [-0.39, 0.29) is 5.78 Å². The highest BCUT2D eigenvalue weighted by molar-refractivity contribution is 5.93. The molecule has 3 heteroatoms. The topological polar surface area (TPSA) is 42.9 Å². The number of ketones is 1. The molecule has 1 aromatic rings. The predicted octanol–water partition coefficient (Wildman–Crippen LogP) is 4.19. The molecule has 0 aliphatic rings. The number of nitrogens with zero attached hydrogens (tertiary/aromatic N) is 2. The third-order valence-electron chi connectivity index (χ3n) is 3.13. The summed E-state index contributed by atoms with van der Waals surface area (Å²) in [6.45, 7) is 2.23. The molecule has 0 fully saturated rings. The molecule has 1 aromatic heterocycles. The molecule has 0 radical (unpaired) electrons. The zero-order valence-corrected chi connectivity index (χ0v) is 11.4. The second-order valence-electron chi connectivity index (χ2n) is 4.74. The van der Waals surface area contributed by atoms with Gasteiger partial charge in [0.05, 0.1) is 0 Å². The molecule has 3 nitrogen and oxygen atoms in total. The van der Waals surface area contributed by atoms with E-state index in [9.17, 15) is 4.79 Å². The van der Waals surface area contributed by atoms with E-state index in [1.165, 1.54) is 44.9 Å². The van der Waals surface area contributed by atoms with Crippen LogP contribution in [0.3, 0.4) is 0 Å². The summed E-state index contributed by atoms with van der Waals surface area (Å²) in [5.74, 6) is 0.142. The zero-order valence-electron chi connectivity index (χ0n) is 11.4. The summed E-state index contributed by atoms with van der Waals surface area (Å²) in [6.07, 6.45) is 13.7. The third kappa shape index (κ3) is 6.48. The van der Waals surface area contributed by atoms with E-state index in [1.54, 1.807) is 12.3 Å². The fourth-order valence-electron chi connectivity index (χ4n) is 2.00. The van der Waals surface area contributed by atoms with Gasteiger partial charge in [0.2, 0.25) is 0 Å². The van der Waals surface area contributed by atoms with Gasteiger partial charge in [0, 0.05) is 12.6 Å². The highest BCUT2D eigenvalue weighted by atomic mass is 16.1. The summed E-state index contributed by atoms with van der Waals surface area (Å²) in [7, 11) is 0. The van der Waals surface area contributed by atoms with Gasteiger partial charge in [-0.15, -0.1) is 0 Å². The van der Waals surface area contributed by atoms with Crippen LogP contribution in [0.5, 0.6) is 0 Å². The minimum Gasteiger partial charge on any atom is -0.292 e. The van der Waals surface area contributed by atoms with Crippen molar-refractivity contribution in [2.75, 3.05) is 0 Å². The van der Waals surface area contributed by atoms with E-state index < -0.39 is 0 Å². The molecule has 0 aliphatic heterocycles. The van der Waals surface area contributed by atoms with Gasteiger partial charge in [-0.25, -0.2) is 9.97 Å². The lowest BCUT2D eigenvalue weighted by molar-refractivity contribution is 0.0974. The number of carbonyl (C=O) groups excluding carboxylic acids is 1. The maximum absolute atomic E-state index is 11.7. The molecule has 1 heterocycles. The Morgan fingerprint density at radius 2 is 1.72 bits per heavy atom. The van der Waals surface area contributed by atoms with Crippen LogP contribution in [0.25, 0.3) is 0 Å². The number of aromatic nitrogens is 2. The monoisotopic (exact) mass is 248 g/mol. The van der Waals surface area contributed by atoms with E-state index in [0.29, 0.717) is 12.1 Å². The first-order valence-corrected chi connectivity index (χ1v) is 7.13. The third-order valence-corrected chi connectivity index (χ3v) is 3.13. The first kappa shape index (κ1) is 14.8. The molecule has 0 saturated carbocycles. The second kappa shape index (κ2) is 9.75. The smallest absolute Gasteiger partial charge is 0.181 e. The van der Waals surface area contributed by atoms with Crippen LogP contribution >= 0.6 is 0 Å². The van der Waals surface area contributed by atoms with Crippen LogP contribution in [-0.4, -0.2) is 15.8 Å². The SMILES string of the molecule is CCCCCCCCCCC(=O)c1ccncn1. The van der Waals surface area contributed by atoms with Crippen LogP contribution in [0.1, 0.15) is 75.2 Å². The van der Waals surface area contributed by atoms with Crippen LogP contribution < -0.4 is 0 Å². The van der Waals surface area contributed by atoms with Gasteiger partial charge in [-0.3, -0.25) is 4.79 Å². The Morgan fingerprint density at radius 3 is 2.33 bits per heavy atom. The molecular formula is C15H24N2O. The number of hydrogen-bond donors (Lipinski definition) is 0. The quantitative estimate of drug-likeness (QED) is 0.460. The summed E-state index contributed by atoms with van der Waals surface area (Å²) < 4.78 is 0. The van der Waals surface area contributed by atoms with E-state index >= 15 is 0 Å². The van der Waals surface area contributed by atoms with Gasteiger partial charge in [0.15, 0.2) is 5.78 Å². The molecule has 0 N–H and O–H groups in total. The molecule has 0 atom stereocenters. The molecule has 0 aliphatic carbocycles. The fraction of sp³-hybridized carbons (Fsp3) is 0.667. The lowest BCUT2D eigenvalue weighted by Crippen LogP contribution is -2.01. The maximum atomic E-state index is 11.7. The molecule has 0 aromatic carbocycles. The molecule has 0 amide bonds. The number of rotatable bonds is 10. The van der Waals surface area contributed by atoms with Crippen molar-refractivity contribution in [3.8, 4) is 0 Å². The minimum absolute atomic E-state index is 0.142. The molecule has 1 rings (SSSR count). The van der Waals surface area contributed by atoms with Gasteiger partial charge in [0.25, 0.3) is 0 Å². The number of Topliss-reactive ketones (excluding diaryl/α,β-unsaturated/α-hetero) is 1. The van der Waals surface area contributed by atoms with Crippen molar-refractivity contribution in [1.29, 1.82) is 0 Å². The van der Waals surface area contributed by atoms with Gasteiger partial charge in [0.1, 0.15) is 12.0 Å². The summed E-state index contributed by atoms with van der Waals surface area (Å²) in [5.41, 5.74) is 0.549. The predicted molar refractivity (Wildman–Crippen MR) is 73.6 cm³/mol. The average Bonchev–Trinajstić information content (AvgIpc) is 2.42. The maximum Gasteiger partial charge on any atom is 0.181 e. The molecule has 18 heavy (non-hydrogen) atoms. The van der Waals surface area contributed by atoms with Crippen molar-refractivity contribution >= 4 is 5.78 Å². The second-order valence-corrected chi connectivity index (χ2v) is 4.74. The van der Waals surface area contributed by atoms with Gasteiger partial charge in [-0.2, -0.15) is 0 Å². The van der Waals surface area contributed by atoms with Crippen LogP contribution in [0.15, 0.2) is 18.6 Å². The Morgan fingerprint density at radius 1 is 1.06 bits per heavy atom. The average molecular weight is 248 g/mol. The van der Waals surface area contributed by atoms with Crippen LogP contribution in [0.4, 0.5) is 0 Å². The fourth-order valence-corrected chi connectivity index (χ4v) is 2.00. The molecule has 100 valence electrons. The van der Waals surface area contributed by atoms with E-state index in [1.807, 2.05) is 0 Å². The zero-order chi connectivity index (χ0) is 13.1. The van der Waals surface area contributed by atoms with Gasteiger partial charge in [-0.05, 0) is 12.5 Å². The van der Waals surface area contributed by atoms with Crippen molar-refractivity contribution in [3.63, 3.8) is 0 Å². The molecular weight excluding hydrogens is 224 g/mol. The summed E-state index contributed by atoms with van der Waals surface area (Å²) in [5, 5.41) is 0. The normalized spacial score (nSPS) is 10.5. The first-order chi connectivity index (χ1) is 8.84. The molecule has 0 saturated heterocycles. The lowest BCUT2D eigenvalue weighted by Gasteiger charge is -2.01. The highest BCUT2D eigenvalue weighted by Crippen LogP contribution is 2.10. The minimum atomic E-state index is 0.142. The standard InChI is InChI=1S/C15H24N2O/c1-2-3-4-5-6-7-8-9-10-15(18)14-11-12-16-13-17-14/h11-13H,2-10H2,1H3. The molecule has 0 spiro atoms. The largest absolute Gasteiger partial charge is 0.292 e. The van der Waals surface area contributed by atoms with E-state index in [4.69, 9.17) is 0 Å². The van der Waals surface area contributed by atoms with E-state index in [2.05, 4.69) is 16.9 Å². The number of hydrogen-bond acceptors (Lipinski definition) is 3. The lowest BCUT2D eigenvalue weighted by atomic mass is 10.1. The molecule has 0 bridgehead atoms. The van der Waals surface area contributed by atoms with Crippen LogP contribution in [0.2, 0.25) is 0 Å². The Labute approximate surface area is 110 Å². The van der Waals surface area contributed by atoms with E-state index in [0.717, 1.165) is 12.8 Å². The van der Waals surface area contributed by atoms with Crippen LogP contribution in [-0.2, 0) is 0 Å².